The lowest BCUT2D eigenvalue weighted by Crippen LogP contribution is -2.55. The van der Waals surface area contributed by atoms with Crippen LogP contribution in [0.5, 0.6) is 0 Å². The summed E-state index contributed by atoms with van der Waals surface area (Å²) in [4.78, 5) is 32.7. The predicted octanol–water partition coefficient (Wildman–Crippen LogP) is 2.15. The molecule has 0 spiro atoms. The number of nitrogens with one attached hydrogen (secondary N) is 2. The number of H-pyrrole nitrogens is 1. The molecule has 3 N–H and O–H groups in total. The van der Waals surface area contributed by atoms with Gasteiger partial charge in [0.1, 0.15) is 10.6 Å². The van der Waals surface area contributed by atoms with E-state index in [1.165, 1.54) is 6.20 Å². The molecule has 2 aromatic rings. The van der Waals surface area contributed by atoms with Crippen molar-refractivity contribution in [2.24, 2.45) is 0 Å². The van der Waals surface area contributed by atoms with E-state index in [1.807, 2.05) is 4.90 Å². The quantitative estimate of drug-likeness (QED) is 0.712. The van der Waals surface area contributed by atoms with Crippen molar-refractivity contribution < 1.29 is 19.4 Å². The second-order valence-electron chi connectivity index (χ2n) is 6.06. The lowest BCUT2D eigenvalue weighted by atomic mass is 10.0. The Kier molecular flexibility index (Phi) is 5.49. The third kappa shape index (κ3) is 3.84. The van der Waals surface area contributed by atoms with Gasteiger partial charge in [0, 0.05) is 25.9 Å². The maximum Gasteiger partial charge on any atom is 0.347 e. The van der Waals surface area contributed by atoms with E-state index in [1.54, 1.807) is 20.1 Å². The van der Waals surface area contributed by atoms with Crippen LogP contribution in [0.1, 0.15) is 32.3 Å². The van der Waals surface area contributed by atoms with Crippen LogP contribution in [-0.4, -0.2) is 59.3 Å². The van der Waals surface area contributed by atoms with Crippen LogP contribution < -0.4 is 10.2 Å². The Labute approximate surface area is 159 Å². The number of aromatic amines is 1. The molecular weight excluding hydrogens is 380 g/mol. The highest BCUT2D eigenvalue weighted by Gasteiger charge is 2.32. The number of carbonyl (C=O) groups is 2. The second-order valence-corrected chi connectivity index (χ2v) is 7.47. The molecule has 10 heteroatoms. The summed E-state index contributed by atoms with van der Waals surface area (Å²) in [7, 11) is 1.59. The molecule has 0 aliphatic carbocycles. The number of carboxylic acids is 1. The van der Waals surface area contributed by atoms with Crippen LogP contribution in [0.3, 0.4) is 0 Å². The van der Waals surface area contributed by atoms with Gasteiger partial charge in [-0.05, 0) is 19.4 Å². The standard InChI is InChI=1S/C16H19ClN4O4S/c1-8-9(17)5-11(19-8)14(22)20-10-3-4-21(7-12(10)25-2)16-18-6-13(26-16)15(23)24/h5-6,10,12,19H,3-4,7H2,1-2H3,(H,20,22)(H,23,24)/t10-,12+/m1/s1. The van der Waals surface area contributed by atoms with E-state index in [2.05, 4.69) is 15.3 Å². The Morgan fingerprint density at radius 1 is 1.54 bits per heavy atom. The van der Waals surface area contributed by atoms with Gasteiger partial charge in [0.2, 0.25) is 0 Å². The summed E-state index contributed by atoms with van der Waals surface area (Å²) in [5.41, 5.74) is 1.16. The van der Waals surface area contributed by atoms with Gasteiger partial charge in [0.15, 0.2) is 5.13 Å². The lowest BCUT2D eigenvalue weighted by Gasteiger charge is -2.37. The number of carboxylic acid groups (broad SMARTS) is 1. The van der Waals surface area contributed by atoms with Crippen LogP contribution in [0.4, 0.5) is 5.13 Å². The molecule has 1 saturated heterocycles. The topological polar surface area (TPSA) is 108 Å². The highest BCUT2D eigenvalue weighted by atomic mass is 35.5. The molecule has 0 radical (unpaired) electrons. The normalized spacial score (nSPS) is 20.2. The molecule has 8 nitrogen and oxygen atoms in total. The minimum Gasteiger partial charge on any atom is -0.477 e. The van der Waals surface area contributed by atoms with Gasteiger partial charge in [-0.1, -0.05) is 22.9 Å². The van der Waals surface area contributed by atoms with E-state index in [-0.39, 0.29) is 22.9 Å². The van der Waals surface area contributed by atoms with Gasteiger partial charge in [-0.15, -0.1) is 0 Å². The Hall–Kier alpha value is -2.10. The Morgan fingerprint density at radius 3 is 2.88 bits per heavy atom. The van der Waals surface area contributed by atoms with Gasteiger partial charge in [0.05, 0.1) is 23.4 Å². The first-order valence-electron chi connectivity index (χ1n) is 8.02. The molecule has 0 unspecified atom stereocenters. The summed E-state index contributed by atoms with van der Waals surface area (Å²) in [6.07, 6.45) is 1.77. The van der Waals surface area contributed by atoms with Crippen molar-refractivity contribution in [2.45, 2.75) is 25.5 Å². The van der Waals surface area contributed by atoms with Crippen molar-refractivity contribution in [3.05, 3.63) is 33.6 Å². The van der Waals surface area contributed by atoms with Gasteiger partial charge in [-0.3, -0.25) is 4.79 Å². The maximum absolute atomic E-state index is 12.4. The van der Waals surface area contributed by atoms with Crippen LogP contribution in [0.2, 0.25) is 5.02 Å². The molecular formula is C16H19ClN4O4S. The van der Waals surface area contributed by atoms with E-state index >= 15 is 0 Å². The number of nitrogens with zero attached hydrogens (tertiary/aromatic N) is 2. The van der Waals surface area contributed by atoms with E-state index in [0.29, 0.717) is 35.4 Å². The number of thiazole rings is 1. The SMILES string of the molecule is CO[C@H]1CN(c2ncc(C(=O)O)s2)CC[C@H]1NC(=O)c1cc(Cl)c(C)[nH]1. The lowest BCUT2D eigenvalue weighted by molar-refractivity contribution is 0.0540. The van der Waals surface area contributed by atoms with E-state index in [9.17, 15) is 9.59 Å². The molecule has 3 rings (SSSR count). The predicted molar refractivity (Wildman–Crippen MR) is 98.5 cm³/mol. The third-order valence-electron chi connectivity index (χ3n) is 4.35. The van der Waals surface area contributed by atoms with Gasteiger partial charge >= 0.3 is 5.97 Å². The monoisotopic (exact) mass is 398 g/mol. The number of aromatic carboxylic acids is 1. The molecule has 1 amide bonds. The minimum absolute atomic E-state index is 0.162. The Bertz CT molecular complexity index is 802. The van der Waals surface area contributed by atoms with Gasteiger partial charge in [-0.25, -0.2) is 9.78 Å². The number of anilines is 1. The number of halogens is 1. The molecule has 0 saturated carbocycles. The van der Waals surface area contributed by atoms with Crippen LogP contribution >= 0.6 is 22.9 Å². The number of ether oxygens (including phenoxy) is 1. The molecule has 2 aromatic heterocycles. The summed E-state index contributed by atoms with van der Waals surface area (Å²) in [5.74, 6) is -1.22. The summed E-state index contributed by atoms with van der Waals surface area (Å²) in [5, 5.41) is 13.2. The van der Waals surface area contributed by atoms with E-state index < -0.39 is 5.97 Å². The number of methoxy groups -OCH3 is 1. The van der Waals surface area contributed by atoms with Crippen molar-refractivity contribution in [3.8, 4) is 0 Å². The van der Waals surface area contributed by atoms with Gasteiger partial charge in [0.25, 0.3) is 5.91 Å². The molecule has 3 heterocycles. The molecule has 140 valence electrons. The number of hydrogen-bond acceptors (Lipinski definition) is 6. The number of aryl methyl sites for hydroxylation is 1. The average molecular weight is 399 g/mol. The summed E-state index contributed by atoms with van der Waals surface area (Å²) >= 11 is 7.12. The van der Waals surface area contributed by atoms with E-state index in [0.717, 1.165) is 17.0 Å². The molecule has 26 heavy (non-hydrogen) atoms. The summed E-state index contributed by atoms with van der Waals surface area (Å²) in [6.45, 7) is 2.95. The van der Waals surface area contributed by atoms with Crippen molar-refractivity contribution in [1.82, 2.24) is 15.3 Å². The minimum atomic E-state index is -0.987. The zero-order valence-electron chi connectivity index (χ0n) is 14.3. The number of amides is 1. The molecule has 1 aliphatic heterocycles. The van der Waals surface area contributed by atoms with Crippen LogP contribution in [0.15, 0.2) is 12.3 Å². The highest BCUT2D eigenvalue weighted by molar-refractivity contribution is 7.17. The van der Waals surface area contributed by atoms with Crippen LogP contribution in [0, 0.1) is 6.92 Å². The fourth-order valence-corrected chi connectivity index (χ4v) is 3.85. The Morgan fingerprint density at radius 2 is 2.31 bits per heavy atom. The van der Waals surface area contributed by atoms with Crippen molar-refractivity contribution in [2.75, 3.05) is 25.1 Å². The van der Waals surface area contributed by atoms with Crippen LogP contribution in [0.25, 0.3) is 0 Å². The van der Waals surface area contributed by atoms with Crippen LogP contribution in [-0.2, 0) is 4.74 Å². The first kappa shape index (κ1) is 18.7. The molecule has 0 bridgehead atoms. The fourth-order valence-electron chi connectivity index (χ4n) is 2.91. The number of aromatic nitrogens is 2. The zero-order valence-corrected chi connectivity index (χ0v) is 15.9. The van der Waals surface area contributed by atoms with E-state index in [4.69, 9.17) is 21.4 Å². The van der Waals surface area contributed by atoms with Crippen molar-refractivity contribution in [1.29, 1.82) is 0 Å². The number of carbonyl (C=O) groups excluding carboxylic acids is 1. The molecule has 2 atom stereocenters. The maximum atomic E-state index is 12.4. The first-order valence-corrected chi connectivity index (χ1v) is 9.21. The largest absolute Gasteiger partial charge is 0.477 e. The summed E-state index contributed by atoms with van der Waals surface area (Å²) in [6, 6.07) is 1.44. The highest BCUT2D eigenvalue weighted by Crippen LogP contribution is 2.26. The second kappa shape index (κ2) is 7.65. The molecule has 1 aliphatic rings. The van der Waals surface area contributed by atoms with Crippen molar-refractivity contribution in [3.63, 3.8) is 0 Å². The zero-order chi connectivity index (χ0) is 18.8. The molecule has 0 aromatic carbocycles. The first-order chi connectivity index (χ1) is 12.4. The smallest absolute Gasteiger partial charge is 0.347 e. The average Bonchev–Trinajstić information content (AvgIpc) is 3.23. The Balaban J connectivity index is 1.65. The number of rotatable bonds is 5. The number of hydrogen-bond donors (Lipinski definition) is 3. The fraction of sp³-hybridized carbons (Fsp3) is 0.438. The van der Waals surface area contributed by atoms with Gasteiger partial charge in [-0.2, -0.15) is 0 Å². The summed E-state index contributed by atoms with van der Waals surface area (Å²) < 4.78 is 5.54. The number of piperidine rings is 1. The van der Waals surface area contributed by atoms with Gasteiger partial charge < -0.3 is 25.0 Å². The molecule has 1 fully saturated rings. The third-order valence-corrected chi connectivity index (χ3v) is 5.79. The van der Waals surface area contributed by atoms with Crippen molar-refractivity contribution >= 4 is 39.9 Å².